The van der Waals surface area contributed by atoms with E-state index >= 15 is 0 Å². The van der Waals surface area contributed by atoms with Crippen LogP contribution < -0.4 is 5.32 Å². The Kier molecular flexibility index (Phi) is 7.66. The lowest BCUT2D eigenvalue weighted by molar-refractivity contribution is -0.308. The first-order valence-corrected chi connectivity index (χ1v) is 11.6. The molecule has 0 spiro atoms. The van der Waals surface area contributed by atoms with E-state index in [9.17, 15) is 18.0 Å². The zero-order chi connectivity index (χ0) is 24.7. The molecule has 1 amide bonds. The van der Waals surface area contributed by atoms with E-state index in [2.05, 4.69) is 21.2 Å². The Morgan fingerprint density at radius 3 is 2.30 bits per heavy atom. The first kappa shape index (κ1) is 26.2. The Morgan fingerprint density at radius 2 is 1.79 bits per heavy atom. The molecule has 0 saturated heterocycles. The second kappa shape index (κ2) is 9.66. The van der Waals surface area contributed by atoms with Crippen LogP contribution in [0, 0.1) is 5.92 Å². The van der Waals surface area contributed by atoms with Crippen molar-refractivity contribution in [1.82, 2.24) is 10.4 Å². The Balaban J connectivity index is 2.02. The minimum Gasteiger partial charge on any atom is -0.352 e. The Labute approximate surface area is 212 Å². The molecule has 0 aliphatic carbocycles. The van der Waals surface area contributed by atoms with Crippen LogP contribution in [0.2, 0.25) is 15.1 Å². The molecule has 2 aromatic carbocycles. The fourth-order valence-corrected chi connectivity index (χ4v) is 4.39. The fourth-order valence-electron chi connectivity index (χ4n) is 3.28. The van der Waals surface area contributed by atoms with Crippen LogP contribution >= 0.6 is 50.7 Å². The van der Waals surface area contributed by atoms with Gasteiger partial charge in [-0.15, -0.1) is 0 Å². The lowest BCUT2D eigenvalue weighted by Crippen LogP contribution is -2.42. The average molecular weight is 587 g/mol. The number of amides is 1. The van der Waals surface area contributed by atoms with Gasteiger partial charge in [0.1, 0.15) is 0 Å². The number of hydrogen-bond acceptors (Lipinski definition) is 3. The van der Waals surface area contributed by atoms with Crippen molar-refractivity contribution in [2.24, 2.45) is 5.92 Å². The molecular formula is C22H19BrCl3F3N2O2. The Bertz CT molecular complexity index is 1100. The summed E-state index contributed by atoms with van der Waals surface area (Å²) in [6.07, 6.45) is -3.85. The standard InChI is InChI=1S/C22H19BrCl3F3N2O2/c1-11(2)20(32)30-10-13-5-4-12(6-15(13)23)18-9-21(22(27,28)29,33-31(18)3)14-7-16(24)19(26)17(25)8-14/h4-9,11H,10H2,1-3H3,(H,30,32). The second-order valence-corrected chi connectivity index (χ2v) is 9.83. The number of hydroxylamine groups is 2. The van der Waals surface area contributed by atoms with Crippen LogP contribution in [0.15, 0.2) is 40.9 Å². The molecule has 33 heavy (non-hydrogen) atoms. The molecule has 0 aromatic heterocycles. The maximum atomic E-state index is 14.3. The van der Waals surface area contributed by atoms with Crippen LogP contribution in [0.3, 0.4) is 0 Å². The third kappa shape index (κ3) is 5.15. The molecule has 0 radical (unpaired) electrons. The number of hydrogen-bond donors (Lipinski definition) is 1. The highest BCUT2D eigenvalue weighted by atomic mass is 79.9. The summed E-state index contributed by atoms with van der Waals surface area (Å²) < 4.78 is 43.7. The molecular weight excluding hydrogens is 568 g/mol. The van der Waals surface area contributed by atoms with Crippen molar-refractivity contribution in [2.75, 3.05) is 7.05 Å². The first-order chi connectivity index (χ1) is 15.3. The quantitative estimate of drug-likeness (QED) is 0.373. The molecule has 0 bridgehead atoms. The monoisotopic (exact) mass is 584 g/mol. The fraction of sp³-hybridized carbons (Fsp3) is 0.318. The van der Waals surface area contributed by atoms with Crippen LogP contribution in [-0.4, -0.2) is 24.2 Å². The largest absolute Gasteiger partial charge is 0.428 e. The van der Waals surface area contributed by atoms with Crippen LogP contribution in [0.5, 0.6) is 0 Å². The second-order valence-electron chi connectivity index (χ2n) is 7.78. The zero-order valence-electron chi connectivity index (χ0n) is 17.7. The van der Waals surface area contributed by atoms with Crippen LogP contribution in [0.25, 0.3) is 5.70 Å². The first-order valence-electron chi connectivity index (χ1n) is 9.71. The van der Waals surface area contributed by atoms with Crippen molar-refractivity contribution in [3.05, 3.63) is 72.6 Å². The van der Waals surface area contributed by atoms with Crippen LogP contribution in [0.1, 0.15) is 30.5 Å². The van der Waals surface area contributed by atoms with Crippen LogP contribution in [0.4, 0.5) is 13.2 Å². The third-order valence-corrected chi connectivity index (χ3v) is 7.06. The predicted octanol–water partition coefficient (Wildman–Crippen LogP) is 7.36. The van der Waals surface area contributed by atoms with Gasteiger partial charge in [-0.3, -0.25) is 9.86 Å². The number of carbonyl (C=O) groups is 1. The summed E-state index contributed by atoms with van der Waals surface area (Å²) in [5.74, 6) is -0.268. The maximum Gasteiger partial charge on any atom is 0.428 e. The molecule has 2 aromatic rings. The number of alkyl halides is 3. The number of carbonyl (C=O) groups excluding carboxylic acids is 1. The number of nitrogens with one attached hydrogen (secondary N) is 1. The van der Waals surface area contributed by atoms with E-state index in [0.29, 0.717) is 10.0 Å². The van der Waals surface area contributed by atoms with Crippen molar-refractivity contribution < 1.29 is 22.8 Å². The highest BCUT2D eigenvalue weighted by molar-refractivity contribution is 9.10. The van der Waals surface area contributed by atoms with Gasteiger partial charge >= 0.3 is 6.18 Å². The number of nitrogens with zero attached hydrogens (tertiary/aromatic N) is 1. The predicted molar refractivity (Wildman–Crippen MR) is 127 cm³/mol. The van der Waals surface area contributed by atoms with E-state index in [1.54, 1.807) is 32.0 Å². The molecule has 1 aliphatic rings. The molecule has 1 N–H and O–H groups in total. The topological polar surface area (TPSA) is 41.6 Å². The number of rotatable bonds is 5. The number of halogens is 7. The highest BCUT2D eigenvalue weighted by Crippen LogP contribution is 2.51. The van der Waals surface area contributed by atoms with Crippen molar-refractivity contribution in [3.63, 3.8) is 0 Å². The normalized spacial score (nSPS) is 18.6. The minimum absolute atomic E-state index is 0.0426. The molecule has 0 saturated carbocycles. The summed E-state index contributed by atoms with van der Waals surface area (Å²) >= 11 is 21.4. The van der Waals surface area contributed by atoms with Gasteiger partial charge in [0.25, 0.3) is 0 Å². The molecule has 1 unspecified atom stereocenters. The van der Waals surface area contributed by atoms with E-state index in [-0.39, 0.29) is 44.7 Å². The zero-order valence-corrected chi connectivity index (χ0v) is 21.5. The number of benzene rings is 2. The molecule has 1 atom stereocenters. The van der Waals surface area contributed by atoms with E-state index in [1.165, 1.54) is 7.05 Å². The molecule has 1 aliphatic heterocycles. The minimum atomic E-state index is -4.83. The molecule has 0 fully saturated rings. The van der Waals surface area contributed by atoms with Gasteiger partial charge < -0.3 is 5.32 Å². The summed E-state index contributed by atoms with van der Waals surface area (Å²) in [6, 6.07) is 7.22. The van der Waals surface area contributed by atoms with E-state index in [4.69, 9.17) is 39.6 Å². The van der Waals surface area contributed by atoms with Gasteiger partial charge in [-0.05, 0) is 29.8 Å². The van der Waals surface area contributed by atoms with Gasteiger partial charge in [0.2, 0.25) is 11.5 Å². The lowest BCUT2D eigenvalue weighted by Gasteiger charge is -2.31. The summed E-state index contributed by atoms with van der Waals surface area (Å²) in [6.45, 7) is 3.84. The summed E-state index contributed by atoms with van der Waals surface area (Å²) in [7, 11) is 1.38. The smallest absolute Gasteiger partial charge is 0.352 e. The van der Waals surface area contributed by atoms with Crippen molar-refractivity contribution >= 4 is 62.3 Å². The van der Waals surface area contributed by atoms with Crippen molar-refractivity contribution in [1.29, 1.82) is 0 Å². The SMILES string of the molecule is CC(C)C(=O)NCc1ccc(C2=CC(c3cc(Cl)c(Cl)c(Cl)c3)(C(F)(F)F)ON2C)cc1Br. The van der Waals surface area contributed by atoms with Crippen molar-refractivity contribution in [2.45, 2.75) is 32.2 Å². The van der Waals surface area contributed by atoms with Gasteiger partial charge in [0, 0.05) is 35.1 Å². The maximum absolute atomic E-state index is 14.3. The van der Waals surface area contributed by atoms with Gasteiger partial charge in [0.15, 0.2) is 0 Å². The molecule has 3 rings (SSSR count). The highest BCUT2D eigenvalue weighted by Gasteiger charge is 2.61. The Hall–Kier alpha value is -1.45. The average Bonchev–Trinajstić information content (AvgIpc) is 3.09. The molecule has 178 valence electrons. The summed E-state index contributed by atoms with van der Waals surface area (Å²) in [5.41, 5.74) is -1.68. The third-order valence-electron chi connectivity index (χ3n) is 5.12. The van der Waals surface area contributed by atoms with Gasteiger partial charge in [-0.1, -0.05) is 76.7 Å². The molecule has 4 nitrogen and oxygen atoms in total. The van der Waals surface area contributed by atoms with Crippen molar-refractivity contribution in [3.8, 4) is 0 Å². The van der Waals surface area contributed by atoms with E-state index in [0.717, 1.165) is 28.8 Å². The van der Waals surface area contributed by atoms with Gasteiger partial charge in [-0.2, -0.15) is 13.2 Å². The molecule has 11 heteroatoms. The lowest BCUT2D eigenvalue weighted by atomic mass is 9.91. The molecule has 1 heterocycles. The van der Waals surface area contributed by atoms with Crippen LogP contribution in [-0.2, 0) is 21.8 Å². The Morgan fingerprint density at radius 1 is 1.18 bits per heavy atom. The van der Waals surface area contributed by atoms with Gasteiger partial charge in [0.05, 0.1) is 20.8 Å². The summed E-state index contributed by atoms with van der Waals surface area (Å²) in [5, 5.41) is 3.57. The van der Waals surface area contributed by atoms with E-state index < -0.39 is 11.8 Å². The van der Waals surface area contributed by atoms with Gasteiger partial charge in [-0.25, -0.2) is 4.84 Å². The van der Waals surface area contributed by atoms with E-state index in [1.807, 2.05) is 0 Å². The summed E-state index contributed by atoms with van der Waals surface area (Å²) in [4.78, 5) is 17.2.